The van der Waals surface area contributed by atoms with Gasteiger partial charge in [0.15, 0.2) is 15.0 Å². The van der Waals surface area contributed by atoms with Gasteiger partial charge in [-0.05, 0) is 30.7 Å². The molecule has 3 aromatic rings. The van der Waals surface area contributed by atoms with Gasteiger partial charge in [0.05, 0.1) is 21.6 Å². The van der Waals surface area contributed by atoms with Gasteiger partial charge >= 0.3 is 0 Å². The van der Waals surface area contributed by atoms with Crippen LogP contribution in [0.15, 0.2) is 27.1 Å². The number of thiophene rings is 1. The minimum atomic E-state index is -2.88. The van der Waals surface area contributed by atoms with Gasteiger partial charge in [0.25, 0.3) is 5.89 Å². The highest BCUT2D eigenvalue weighted by Crippen LogP contribution is 2.35. The van der Waals surface area contributed by atoms with E-state index in [-0.39, 0.29) is 22.7 Å². The summed E-state index contributed by atoms with van der Waals surface area (Å²) < 4.78 is 31.0. The van der Waals surface area contributed by atoms with Crippen LogP contribution >= 0.6 is 23.1 Å². The maximum atomic E-state index is 11.6. The van der Waals surface area contributed by atoms with Crippen LogP contribution in [0.2, 0.25) is 0 Å². The highest BCUT2D eigenvalue weighted by atomic mass is 32.2. The number of sulfone groups is 1. The Labute approximate surface area is 165 Å². The van der Waals surface area contributed by atoms with E-state index in [9.17, 15) is 8.42 Å². The third kappa shape index (κ3) is 4.09. The number of rotatable bonds is 6. The first-order valence-corrected chi connectivity index (χ1v) is 12.1. The number of aromatic nitrogens is 5. The Morgan fingerprint density at radius 2 is 2.22 bits per heavy atom. The van der Waals surface area contributed by atoms with Crippen LogP contribution in [-0.2, 0) is 23.3 Å². The summed E-state index contributed by atoms with van der Waals surface area (Å²) in [4.78, 5) is 0.943. The van der Waals surface area contributed by atoms with Crippen LogP contribution in [0, 0.1) is 5.92 Å². The minimum absolute atomic E-state index is 0.0752. The van der Waals surface area contributed by atoms with Crippen molar-refractivity contribution < 1.29 is 12.8 Å². The summed E-state index contributed by atoms with van der Waals surface area (Å²) in [5.41, 5.74) is 0. The molecule has 0 aromatic carbocycles. The average molecular weight is 426 g/mol. The van der Waals surface area contributed by atoms with Crippen molar-refractivity contribution in [2.45, 2.75) is 30.2 Å². The zero-order valence-corrected chi connectivity index (χ0v) is 17.4. The van der Waals surface area contributed by atoms with Crippen molar-refractivity contribution in [2.24, 2.45) is 13.0 Å². The van der Waals surface area contributed by atoms with E-state index in [2.05, 4.69) is 20.4 Å². The second-order valence-electron chi connectivity index (χ2n) is 6.61. The summed E-state index contributed by atoms with van der Waals surface area (Å²) in [7, 11) is -0.981. The van der Waals surface area contributed by atoms with Crippen molar-refractivity contribution in [3.8, 4) is 10.8 Å². The molecule has 0 N–H and O–H groups in total. The summed E-state index contributed by atoms with van der Waals surface area (Å²) in [5.74, 6) is 2.50. The number of hydrogen-bond donors (Lipinski definition) is 0. The number of hydrogen-bond acceptors (Lipinski definition) is 9. The van der Waals surface area contributed by atoms with Gasteiger partial charge in [0.2, 0.25) is 5.89 Å². The Hall–Kier alpha value is -1.72. The summed E-state index contributed by atoms with van der Waals surface area (Å²) in [5, 5.41) is 19.4. The lowest BCUT2D eigenvalue weighted by Gasteiger charge is -2.09. The number of nitrogens with zero attached hydrogens (tertiary/aromatic N) is 5. The van der Waals surface area contributed by atoms with E-state index in [0.717, 1.165) is 15.9 Å². The Morgan fingerprint density at radius 1 is 1.37 bits per heavy atom. The van der Waals surface area contributed by atoms with Gasteiger partial charge in [0.1, 0.15) is 5.82 Å². The summed E-state index contributed by atoms with van der Waals surface area (Å²) in [6, 6.07) is 3.89. The first-order chi connectivity index (χ1) is 12.9. The van der Waals surface area contributed by atoms with Crippen LogP contribution < -0.4 is 0 Å². The quantitative estimate of drug-likeness (QED) is 0.555. The Kier molecular flexibility index (Phi) is 5.08. The van der Waals surface area contributed by atoms with Gasteiger partial charge in [0, 0.05) is 13.5 Å². The molecule has 0 unspecified atom stereocenters. The van der Waals surface area contributed by atoms with Gasteiger partial charge in [-0.15, -0.1) is 31.7 Å². The Balaban J connectivity index is 1.43. The SMILES string of the molecule is C[C@@H](Sc1nnc(C[C@@H]2CCS(=O)(=O)C2)n1C)c1nnc(-c2cccs2)o1. The maximum absolute atomic E-state index is 11.6. The third-order valence-corrected chi connectivity index (χ3v) is 8.34. The van der Waals surface area contributed by atoms with E-state index in [4.69, 9.17) is 4.42 Å². The normalized spacial score (nSPS) is 20.1. The summed E-state index contributed by atoms with van der Waals surface area (Å²) in [6.07, 6.45) is 1.32. The molecule has 0 saturated carbocycles. The van der Waals surface area contributed by atoms with Crippen molar-refractivity contribution >= 4 is 32.9 Å². The van der Waals surface area contributed by atoms with Gasteiger partial charge in [-0.3, -0.25) is 0 Å². The van der Waals surface area contributed by atoms with Crippen molar-refractivity contribution in [3.05, 3.63) is 29.2 Å². The van der Waals surface area contributed by atoms with Crippen molar-refractivity contribution in [3.63, 3.8) is 0 Å². The van der Waals surface area contributed by atoms with E-state index in [1.54, 1.807) is 11.3 Å². The molecule has 1 saturated heterocycles. The molecule has 27 heavy (non-hydrogen) atoms. The van der Waals surface area contributed by atoms with Crippen molar-refractivity contribution in [1.29, 1.82) is 0 Å². The fourth-order valence-electron chi connectivity index (χ4n) is 3.02. The van der Waals surface area contributed by atoms with E-state index in [1.807, 2.05) is 36.1 Å². The molecule has 1 fully saturated rings. The maximum Gasteiger partial charge on any atom is 0.257 e. The van der Waals surface area contributed by atoms with Gasteiger partial charge in [-0.2, -0.15) is 0 Å². The first-order valence-electron chi connectivity index (χ1n) is 8.54. The second kappa shape index (κ2) is 7.36. The molecule has 0 amide bonds. The molecule has 144 valence electrons. The average Bonchev–Trinajstić information content (AvgIpc) is 3.38. The van der Waals surface area contributed by atoms with E-state index >= 15 is 0 Å². The smallest absolute Gasteiger partial charge is 0.257 e. The van der Waals surface area contributed by atoms with Crippen LogP contribution in [-0.4, -0.2) is 44.9 Å². The molecular formula is C16H19N5O3S3. The summed E-state index contributed by atoms with van der Waals surface area (Å²) in [6.45, 7) is 1.98. The predicted octanol–water partition coefficient (Wildman–Crippen LogP) is 2.76. The fraction of sp³-hybridized carbons (Fsp3) is 0.500. The van der Waals surface area contributed by atoms with Crippen molar-refractivity contribution in [1.82, 2.24) is 25.0 Å². The van der Waals surface area contributed by atoms with Gasteiger partial charge < -0.3 is 8.98 Å². The highest BCUT2D eigenvalue weighted by molar-refractivity contribution is 7.99. The molecule has 1 aliphatic heterocycles. The fourth-order valence-corrected chi connectivity index (χ4v) is 6.39. The van der Waals surface area contributed by atoms with Crippen LogP contribution in [0.4, 0.5) is 0 Å². The Morgan fingerprint density at radius 3 is 2.93 bits per heavy atom. The second-order valence-corrected chi connectivity index (χ2v) is 11.1. The van der Waals surface area contributed by atoms with Crippen LogP contribution in [0.1, 0.15) is 30.3 Å². The minimum Gasteiger partial charge on any atom is -0.419 e. The zero-order valence-electron chi connectivity index (χ0n) is 14.9. The largest absolute Gasteiger partial charge is 0.419 e. The zero-order chi connectivity index (χ0) is 19.0. The van der Waals surface area contributed by atoms with Gasteiger partial charge in [-0.1, -0.05) is 17.8 Å². The molecule has 3 aromatic heterocycles. The monoisotopic (exact) mass is 425 g/mol. The molecule has 0 spiro atoms. The van der Waals surface area contributed by atoms with Gasteiger partial charge in [-0.25, -0.2) is 8.42 Å². The predicted molar refractivity (Wildman–Crippen MR) is 103 cm³/mol. The number of thioether (sulfide) groups is 1. The van der Waals surface area contributed by atoms with E-state index < -0.39 is 9.84 Å². The third-order valence-electron chi connectivity index (χ3n) is 4.53. The lowest BCUT2D eigenvalue weighted by Crippen LogP contribution is -2.11. The molecular weight excluding hydrogens is 406 g/mol. The molecule has 4 rings (SSSR count). The molecule has 4 heterocycles. The molecule has 0 radical (unpaired) electrons. The molecule has 11 heteroatoms. The van der Waals surface area contributed by atoms with E-state index in [1.165, 1.54) is 11.8 Å². The topological polar surface area (TPSA) is 104 Å². The molecule has 0 aliphatic carbocycles. The lowest BCUT2D eigenvalue weighted by atomic mass is 10.1. The molecule has 8 nitrogen and oxygen atoms in total. The molecule has 1 aliphatic rings. The van der Waals surface area contributed by atoms with Crippen LogP contribution in [0.25, 0.3) is 10.8 Å². The van der Waals surface area contributed by atoms with Crippen LogP contribution in [0.5, 0.6) is 0 Å². The Bertz CT molecular complexity index is 1030. The molecule has 2 atom stereocenters. The van der Waals surface area contributed by atoms with Crippen molar-refractivity contribution in [2.75, 3.05) is 11.5 Å². The standard InChI is InChI=1S/C16H19N5O3S3/c1-10(14-18-19-15(24-14)12-4-3-6-25-12)26-16-20-17-13(21(16)2)8-11-5-7-27(22,23)9-11/h3-4,6,10-11H,5,7-9H2,1-2H3/t10-,11+/m1/s1. The summed E-state index contributed by atoms with van der Waals surface area (Å²) >= 11 is 3.04. The highest BCUT2D eigenvalue weighted by Gasteiger charge is 2.29. The van der Waals surface area contributed by atoms with E-state index in [0.29, 0.717) is 24.6 Å². The lowest BCUT2D eigenvalue weighted by molar-refractivity contribution is 0.509. The molecule has 0 bridgehead atoms. The van der Waals surface area contributed by atoms with Crippen LogP contribution in [0.3, 0.4) is 0 Å². The first kappa shape index (κ1) is 18.6.